The molecule has 0 aliphatic carbocycles. The van der Waals surface area contributed by atoms with E-state index in [9.17, 15) is 0 Å². The molecular formula is C15H11N3S. The Morgan fingerprint density at radius 2 is 2.21 bits per heavy atom. The third kappa shape index (κ3) is 2.42. The van der Waals surface area contributed by atoms with Gasteiger partial charge >= 0.3 is 0 Å². The Labute approximate surface area is 115 Å². The predicted molar refractivity (Wildman–Crippen MR) is 78.1 cm³/mol. The first-order chi connectivity index (χ1) is 9.36. The molecule has 2 aromatic heterocycles. The zero-order valence-corrected chi connectivity index (χ0v) is 10.9. The summed E-state index contributed by atoms with van der Waals surface area (Å²) in [5, 5.41) is 15.4. The van der Waals surface area contributed by atoms with Gasteiger partial charge in [-0.05, 0) is 35.2 Å². The van der Waals surface area contributed by atoms with E-state index in [1.54, 1.807) is 17.4 Å². The lowest BCUT2D eigenvalue weighted by molar-refractivity contribution is 1.12. The summed E-state index contributed by atoms with van der Waals surface area (Å²) in [5.41, 5.74) is 1.76. The second-order valence-electron chi connectivity index (χ2n) is 4.16. The van der Waals surface area contributed by atoms with Crippen molar-refractivity contribution in [1.82, 2.24) is 4.98 Å². The first-order valence-corrected chi connectivity index (χ1v) is 6.80. The van der Waals surface area contributed by atoms with Crippen LogP contribution in [-0.2, 0) is 6.54 Å². The van der Waals surface area contributed by atoms with E-state index < -0.39 is 0 Å². The average molecular weight is 265 g/mol. The molecule has 0 saturated heterocycles. The van der Waals surface area contributed by atoms with Crippen LogP contribution in [-0.4, -0.2) is 4.98 Å². The molecule has 19 heavy (non-hydrogen) atoms. The number of rotatable bonds is 3. The molecule has 4 heteroatoms. The molecule has 0 atom stereocenters. The molecule has 0 spiro atoms. The quantitative estimate of drug-likeness (QED) is 0.784. The highest BCUT2D eigenvalue weighted by atomic mass is 32.1. The van der Waals surface area contributed by atoms with Gasteiger partial charge in [0.1, 0.15) is 5.82 Å². The van der Waals surface area contributed by atoms with E-state index >= 15 is 0 Å². The van der Waals surface area contributed by atoms with E-state index in [0.29, 0.717) is 12.1 Å². The van der Waals surface area contributed by atoms with Gasteiger partial charge in [-0.1, -0.05) is 12.1 Å². The predicted octanol–water partition coefficient (Wildman–Crippen LogP) is 3.78. The lowest BCUT2D eigenvalue weighted by atomic mass is 10.1. The van der Waals surface area contributed by atoms with Crippen LogP contribution >= 0.6 is 11.3 Å². The minimum atomic E-state index is 0.664. The van der Waals surface area contributed by atoms with Gasteiger partial charge in [0.05, 0.1) is 11.6 Å². The minimum absolute atomic E-state index is 0.664. The highest BCUT2D eigenvalue weighted by Gasteiger charge is 2.03. The van der Waals surface area contributed by atoms with Crippen molar-refractivity contribution in [1.29, 1.82) is 5.26 Å². The van der Waals surface area contributed by atoms with Crippen LogP contribution in [0, 0.1) is 11.3 Å². The van der Waals surface area contributed by atoms with Crippen LogP contribution in [0.3, 0.4) is 0 Å². The highest BCUT2D eigenvalue weighted by Crippen LogP contribution is 2.26. The Bertz CT molecular complexity index is 755. The van der Waals surface area contributed by atoms with Crippen LogP contribution < -0.4 is 5.32 Å². The molecule has 0 aliphatic heterocycles. The third-order valence-electron chi connectivity index (χ3n) is 2.90. The van der Waals surface area contributed by atoms with Gasteiger partial charge in [0, 0.05) is 22.8 Å². The molecule has 3 aromatic rings. The van der Waals surface area contributed by atoms with E-state index in [-0.39, 0.29) is 0 Å². The monoisotopic (exact) mass is 265 g/mol. The first kappa shape index (κ1) is 11.7. The second kappa shape index (κ2) is 5.09. The highest BCUT2D eigenvalue weighted by molar-refractivity contribution is 7.17. The number of thiophene rings is 1. The van der Waals surface area contributed by atoms with Crippen LogP contribution in [0.2, 0.25) is 0 Å². The van der Waals surface area contributed by atoms with Crippen molar-refractivity contribution in [3.63, 3.8) is 0 Å². The summed E-state index contributed by atoms with van der Waals surface area (Å²) in [6, 6.07) is 13.8. The molecule has 0 aliphatic rings. The Balaban J connectivity index is 1.82. The van der Waals surface area contributed by atoms with Gasteiger partial charge in [-0.3, -0.25) is 0 Å². The summed E-state index contributed by atoms with van der Waals surface area (Å²) in [5.74, 6) is 0.890. The number of nitrogens with zero attached hydrogens (tertiary/aromatic N) is 2. The van der Waals surface area contributed by atoms with Gasteiger partial charge < -0.3 is 5.32 Å². The maximum absolute atomic E-state index is 8.88. The van der Waals surface area contributed by atoms with E-state index in [1.165, 1.54) is 4.70 Å². The second-order valence-corrected chi connectivity index (χ2v) is 5.11. The first-order valence-electron chi connectivity index (χ1n) is 5.92. The number of nitriles is 1. The molecule has 92 valence electrons. The maximum Gasteiger partial charge on any atom is 0.134 e. The van der Waals surface area contributed by atoms with Crippen LogP contribution in [0.15, 0.2) is 48.0 Å². The SMILES string of the molecule is N#Cc1cccc(CNc2nccc3sccc23)c1. The van der Waals surface area contributed by atoms with E-state index in [1.807, 2.05) is 30.5 Å². The van der Waals surface area contributed by atoms with Gasteiger partial charge in [0.2, 0.25) is 0 Å². The Hall–Kier alpha value is -2.38. The fraction of sp³-hybridized carbons (Fsp3) is 0.0667. The fourth-order valence-corrected chi connectivity index (χ4v) is 2.75. The van der Waals surface area contributed by atoms with Crippen LogP contribution in [0.5, 0.6) is 0 Å². The van der Waals surface area contributed by atoms with Crippen LogP contribution in [0.25, 0.3) is 10.1 Å². The zero-order chi connectivity index (χ0) is 13.1. The summed E-state index contributed by atoms with van der Waals surface area (Å²) < 4.78 is 1.23. The van der Waals surface area contributed by atoms with Gasteiger partial charge in [0.15, 0.2) is 0 Å². The summed E-state index contributed by atoms with van der Waals surface area (Å²) in [6.07, 6.45) is 1.81. The van der Waals surface area contributed by atoms with Crippen LogP contribution in [0.1, 0.15) is 11.1 Å². The molecular weight excluding hydrogens is 254 g/mol. The van der Waals surface area contributed by atoms with Crippen molar-refractivity contribution >= 4 is 27.2 Å². The van der Waals surface area contributed by atoms with E-state index in [4.69, 9.17) is 5.26 Å². The largest absolute Gasteiger partial charge is 0.365 e. The fourth-order valence-electron chi connectivity index (χ4n) is 1.97. The number of anilines is 1. The molecule has 1 aromatic carbocycles. The number of benzene rings is 1. The van der Waals surface area contributed by atoms with Gasteiger partial charge in [-0.2, -0.15) is 5.26 Å². The molecule has 3 rings (SSSR count). The number of fused-ring (bicyclic) bond motifs is 1. The molecule has 0 saturated carbocycles. The van der Waals surface area contributed by atoms with Crippen LogP contribution in [0.4, 0.5) is 5.82 Å². The summed E-state index contributed by atoms with van der Waals surface area (Å²) in [4.78, 5) is 4.37. The lowest BCUT2D eigenvalue weighted by Crippen LogP contribution is -2.01. The lowest BCUT2D eigenvalue weighted by Gasteiger charge is -2.07. The molecule has 2 heterocycles. The summed E-state index contributed by atoms with van der Waals surface area (Å²) in [6.45, 7) is 0.664. The molecule has 0 amide bonds. The zero-order valence-electron chi connectivity index (χ0n) is 10.1. The van der Waals surface area contributed by atoms with Crippen molar-refractivity contribution in [2.75, 3.05) is 5.32 Å². The number of hydrogen-bond donors (Lipinski definition) is 1. The smallest absolute Gasteiger partial charge is 0.134 e. The Morgan fingerprint density at radius 1 is 1.26 bits per heavy atom. The molecule has 0 radical (unpaired) electrons. The normalized spacial score (nSPS) is 10.3. The van der Waals surface area contributed by atoms with Crippen molar-refractivity contribution in [3.8, 4) is 6.07 Å². The number of aromatic nitrogens is 1. The molecule has 3 nitrogen and oxygen atoms in total. The van der Waals surface area contributed by atoms with Crippen molar-refractivity contribution in [2.24, 2.45) is 0 Å². The van der Waals surface area contributed by atoms with Crippen molar-refractivity contribution in [3.05, 3.63) is 59.1 Å². The third-order valence-corrected chi connectivity index (χ3v) is 3.78. The summed E-state index contributed by atoms with van der Waals surface area (Å²) >= 11 is 1.71. The average Bonchev–Trinajstić information content (AvgIpc) is 2.94. The number of nitrogens with one attached hydrogen (secondary N) is 1. The minimum Gasteiger partial charge on any atom is -0.365 e. The molecule has 0 unspecified atom stereocenters. The molecule has 1 N–H and O–H groups in total. The Morgan fingerprint density at radius 3 is 3.11 bits per heavy atom. The van der Waals surface area contributed by atoms with E-state index in [2.05, 4.69) is 27.8 Å². The van der Waals surface area contributed by atoms with Gasteiger partial charge in [-0.15, -0.1) is 11.3 Å². The number of hydrogen-bond acceptors (Lipinski definition) is 4. The summed E-state index contributed by atoms with van der Waals surface area (Å²) in [7, 11) is 0. The van der Waals surface area contributed by atoms with Gasteiger partial charge in [-0.25, -0.2) is 4.98 Å². The van der Waals surface area contributed by atoms with Gasteiger partial charge in [0.25, 0.3) is 0 Å². The van der Waals surface area contributed by atoms with E-state index in [0.717, 1.165) is 16.8 Å². The molecule has 0 fully saturated rings. The van der Waals surface area contributed by atoms with Crippen molar-refractivity contribution in [2.45, 2.75) is 6.54 Å². The Kier molecular flexibility index (Phi) is 3.13. The van der Waals surface area contributed by atoms with Crippen molar-refractivity contribution < 1.29 is 0 Å². The maximum atomic E-state index is 8.88. The topological polar surface area (TPSA) is 48.7 Å². The molecule has 0 bridgehead atoms. The standard InChI is InChI=1S/C15H11N3S/c16-9-11-2-1-3-12(8-11)10-18-15-13-5-7-19-14(13)4-6-17-15/h1-8H,10H2,(H,17,18). The number of pyridine rings is 1.